The molecule has 0 radical (unpaired) electrons. The van der Waals surface area contributed by atoms with Gasteiger partial charge in [0, 0.05) is 5.70 Å². The van der Waals surface area contributed by atoms with Crippen molar-refractivity contribution >= 4 is 12.0 Å². The van der Waals surface area contributed by atoms with Gasteiger partial charge in [-0.15, -0.1) is 0 Å². The Labute approximate surface area is 170 Å². The van der Waals surface area contributed by atoms with E-state index in [-0.39, 0.29) is 11.9 Å². The predicted molar refractivity (Wildman–Crippen MR) is 111 cm³/mol. The van der Waals surface area contributed by atoms with E-state index < -0.39 is 12.0 Å². The number of benzene rings is 2. The van der Waals surface area contributed by atoms with Crippen molar-refractivity contribution in [3.8, 4) is 11.5 Å². The summed E-state index contributed by atoms with van der Waals surface area (Å²) >= 11 is 0. The van der Waals surface area contributed by atoms with Gasteiger partial charge in [0.2, 0.25) is 0 Å². The minimum atomic E-state index is -0.594. The summed E-state index contributed by atoms with van der Waals surface area (Å²) in [7, 11) is 1.34. The molecule has 1 aliphatic heterocycles. The Morgan fingerprint density at radius 1 is 1.07 bits per heavy atom. The van der Waals surface area contributed by atoms with E-state index >= 15 is 0 Å². The summed E-state index contributed by atoms with van der Waals surface area (Å²) in [6.45, 7) is 7.90. The number of amides is 2. The number of allylic oxidation sites excluding steroid dienone is 1. The number of hydrogen-bond acceptors (Lipinski definition) is 4. The Morgan fingerprint density at radius 3 is 2.38 bits per heavy atom. The molecule has 0 aliphatic carbocycles. The lowest BCUT2D eigenvalue weighted by molar-refractivity contribution is -0.136. The number of ether oxygens (including phenoxy) is 2. The van der Waals surface area contributed by atoms with Gasteiger partial charge in [-0.1, -0.05) is 38.1 Å². The van der Waals surface area contributed by atoms with E-state index in [2.05, 4.69) is 10.6 Å². The molecule has 6 nitrogen and oxygen atoms in total. The summed E-state index contributed by atoms with van der Waals surface area (Å²) in [4.78, 5) is 24.6. The van der Waals surface area contributed by atoms with Crippen LogP contribution in [0, 0.1) is 19.8 Å². The number of hydrogen-bond donors (Lipinski definition) is 2. The number of carbonyl (C=O) groups is 2. The lowest BCUT2D eigenvalue weighted by Crippen LogP contribution is -2.47. The van der Waals surface area contributed by atoms with Crippen molar-refractivity contribution in [1.82, 2.24) is 10.6 Å². The van der Waals surface area contributed by atoms with E-state index in [0.717, 1.165) is 22.4 Å². The number of aryl methyl sites for hydroxylation is 1. The Kier molecular flexibility index (Phi) is 5.92. The van der Waals surface area contributed by atoms with Gasteiger partial charge in [0.05, 0.1) is 18.7 Å². The van der Waals surface area contributed by atoms with Crippen molar-refractivity contribution < 1.29 is 19.1 Å². The second-order valence-electron chi connectivity index (χ2n) is 7.37. The highest BCUT2D eigenvalue weighted by molar-refractivity contribution is 5.95. The van der Waals surface area contributed by atoms with Crippen molar-refractivity contribution in [2.24, 2.45) is 5.92 Å². The molecule has 1 atom stereocenters. The highest BCUT2D eigenvalue weighted by Crippen LogP contribution is 2.32. The maximum absolute atomic E-state index is 12.5. The van der Waals surface area contributed by atoms with Gasteiger partial charge in [-0.25, -0.2) is 9.59 Å². The summed E-state index contributed by atoms with van der Waals surface area (Å²) in [6, 6.07) is 12.3. The largest absolute Gasteiger partial charge is 0.466 e. The number of rotatable bonds is 5. The standard InChI is InChI=1S/C23H26N2O4/c1-13(2)20-19(22(26)28-5)21(25-23(27)24-20)16-9-11-17(12-10-16)29-18-8-6-7-14(3)15(18)4/h6-13,21H,1-5H3,(H2,24,25,27). The Hall–Kier alpha value is -3.28. The Bertz CT molecular complexity index is 961. The van der Waals surface area contributed by atoms with Crippen LogP contribution in [-0.4, -0.2) is 19.1 Å². The molecule has 1 aliphatic rings. The first-order valence-corrected chi connectivity index (χ1v) is 9.55. The van der Waals surface area contributed by atoms with Crippen LogP contribution in [-0.2, 0) is 9.53 Å². The molecule has 2 aromatic carbocycles. The Balaban J connectivity index is 1.93. The first kappa shape index (κ1) is 20.5. The zero-order chi connectivity index (χ0) is 21.1. The summed E-state index contributed by atoms with van der Waals surface area (Å²) in [5.41, 5.74) is 3.99. The second kappa shape index (κ2) is 8.39. The maximum atomic E-state index is 12.5. The normalized spacial score (nSPS) is 16.3. The second-order valence-corrected chi connectivity index (χ2v) is 7.37. The molecular weight excluding hydrogens is 368 g/mol. The molecule has 6 heteroatoms. The fraction of sp³-hybridized carbons (Fsp3) is 0.304. The molecule has 152 valence electrons. The van der Waals surface area contributed by atoms with Crippen molar-refractivity contribution in [3.05, 3.63) is 70.4 Å². The van der Waals surface area contributed by atoms with Crippen molar-refractivity contribution in [2.45, 2.75) is 33.7 Å². The molecule has 1 unspecified atom stereocenters. The summed E-state index contributed by atoms with van der Waals surface area (Å²) in [5.74, 6) is 0.965. The van der Waals surface area contributed by atoms with Crippen molar-refractivity contribution in [1.29, 1.82) is 0 Å². The number of esters is 1. The zero-order valence-electron chi connectivity index (χ0n) is 17.3. The topological polar surface area (TPSA) is 76.7 Å². The van der Waals surface area contributed by atoms with E-state index in [9.17, 15) is 9.59 Å². The molecule has 0 bridgehead atoms. The predicted octanol–water partition coefficient (Wildman–Crippen LogP) is 4.53. The highest BCUT2D eigenvalue weighted by Gasteiger charge is 2.34. The number of nitrogens with one attached hydrogen (secondary N) is 2. The molecule has 3 rings (SSSR count). The van der Waals surface area contributed by atoms with Crippen LogP contribution in [0.2, 0.25) is 0 Å². The quantitative estimate of drug-likeness (QED) is 0.731. The minimum absolute atomic E-state index is 0.0375. The van der Waals surface area contributed by atoms with Gasteiger partial charge in [0.25, 0.3) is 0 Å². The van der Waals surface area contributed by atoms with Crippen LogP contribution in [0.3, 0.4) is 0 Å². The summed E-state index contributed by atoms with van der Waals surface area (Å²) < 4.78 is 11.0. The van der Waals surface area contributed by atoms with E-state index in [1.165, 1.54) is 7.11 Å². The van der Waals surface area contributed by atoms with Crippen molar-refractivity contribution in [2.75, 3.05) is 7.11 Å². The van der Waals surface area contributed by atoms with Crippen LogP contribution in [0.1, 0.15) is 36.6 Å². The lowest BCUT2D eigenvalue weighted by atomic mass is 9.91. The van der Waals surface area contributed by atoms with Crippen LogP contribution < -0.4 is 15.4 Å². The monoisotopic (exact) mass is 394 g/mol. The fourth-order valence-electron chi connectivity index (χ4n) is 3.32. The third-order valence-corrected chi connectivity index (χ3v) is 5.08. The molecule has 0 fully saturated rings. The molecule has 0 aromatic heterocycles. The van der Waals surface area contributed by atoms with Crippen LogP contribution >= 0.6 is 0 Å². The molecule has 2 amide bonds. The first-order chi connectivity index (χ1) is 13.8. The molecule has 2 N–H and O–H groups in total. The SMILES string of the molecule is COC(=O)C1=C(C(C)C)NC(=O)NC1c1ccc(Oc2cccc(C)c2C)cc1. The van der Waals surface area contributed by atoms with E-state index in [1.807, 2.05) is 70.2 Å². The molecule has 0 saturated heterocycles. The van der Waals surface area contributed by atoms with Gasteiger partial charge in [-0.2, -0.15) is 0 Å². The van der Waals surface area contributed by atoms with Crippen LogP contribution in [0.5, 0.6) is 11.5 Å². The van der Waals surface area contributed by atoms with Crippen LogP contribution in [0.4, 0.5) is 4.79 Å². The maximum Gasteiger partial charge on any atom is 0.337 e. The first-order valence-electron chi connectivity index (χ1n) is 9.55. The average molecular weight is 394 g/mol. The van der Waals surface area contributed by atoms with Gasteiger partial charge in [-0.3, -0.25) is 0 Å². The highest BCUT2D eigenvalue weighted by atomic mass is 16.5. The third-order valence-electron chi connectivity index (χ3n) is 5.08. The number of methoxy groups -OCH3 is 1. The van der Waals surface area contributed by atoms with Gasteiger partial charge in [0.1, 0.15) is 11.5 Å². The van der Waals surface area contributed by atoms with E-state index in [0.29, 0.717) is 17.0 Å². The smallest absolute Gasteiger partial charge is 0.337 e. The molecule has 2 aromatic rings. The number of urea groups is 1. The summed E-state index contributed by atoms with van der Waals surface area (Å²) in [5, 5.41) is 5.56. The molecular formula is C23H26N2O4. The van der Waals surface area contributed by atoms with Gasteiger partial charge < -0.3 is 20.1 Å². The van der Waals surface area contributed by atoms with Gasteiger partial charge in [0.15, 0.2) is 0 Å². The number of carbonyl (C=O) groups excluding carboxylic acids is 2. The third kappa shape index (κ3) is 4.26. The zero-order valence-corrected chi connectivity index (χ0v) is 17.3. The van der Waals surface area contributed by atoms with E-state index in [1.54, 1.807) is 0 Å². The fourth-order valence-corrected chi connectivity index (χ4v) is 3.32. The average Bonchev–Trinajstić information content (AvgIpc) is 2.70. The molecule has 0 saturated carbocycles. The van der Waals surface area contributed by atoms with Gasteiger partial charge >= 0.3 is 12.0 Å². The molecule has 29 heavy (non-hydrogen) atoms. The Morgan fingerprint density at radius 2 is 1.76 bits per heavy atom. The van der Waals surface area contributed by atoms with E-state index in [4.69, 9.17) is 9.47 Å². The van der Waals surface area contributed by atoms with Gasteiger partial charge in [-0.05, 0) is 54.7 Å². The lowest BCUT2D eigenvalue weighted by Gasteiger charge is -2.30. The molecule has 0 spiro atoms. The summed E-state index contributed by atoms with van der Waals surface area (Å²) in [6.07, 6.45) is 0. The van der Waals surface area contributed by atoms with Crippen LogP contribution in [0.25, 0.3) is 0 Å². The molecule has 1 heterocycles. The van der Waals surface area contributed by atoms with Crippen molar-refractivity contribution in [3.63, 3.8) is 0 Å². The van der Waals surface area contributed by atoms with Crippen LogP contribution in [0.15, 0.2) is 53.7 Å². The minimum Gasteiger partial charge on any atom is -0.466 e.